The fourth-order valence-electron chi connectivity index (χ4n) is 2.77. The number of amides is 2. The highest BCUT2D eigenvalue weighted by Gasteiger charge is 2.30. The van der Waals surface area contributed by atoms with Gasteiger partial charge in [0.1, 0.15) is 11.5 Å². The first-order valence-electron chi connectivity index (χ1n) is 9.37. The highest BCUT2D eigenvalue weighted by atomic mass is 16.5. The Morgan fingerprint density at radius 2 is 1.77 bits per heavy atom. The second-order valence-electron chi connectivity index (χ2n) is 6.94. The number of anilines is 4. The SMILES string of the molecule is NC(=O)c1nnc(NC(=O)C2CC2)cc1Nc1cccc(Oc2ccc(N)cc2)c1. The number of ether oxygens (including phenoxy) is 1. The number of carbonyl (C=O) groups is 2. The number of nitrogens with two attached hydrogens (primary N) is 2. The topological polar surface area (TPSA) is 145 Å². The van der Waals surface area contributed by atoms with E-state index in [4.69, 9.17) is 16.2 Å². The van der Waals surface area contributed by atoms with Gasteiger partial charge < -0.3 is 26.8 Å². The van der Waals surface area contributed by atoms with Crippen LogP contribution in [0.25, 0.3) is 0 Å². The molecule has 6 N–H and O–H groups in total. The molecule has 152 valence electrons. The number of benzene rings is 2. The van der Waals surface area contributed by atoms with E-state index < -0.39 is 5.91 Å². The van der Waals surface area contributed by atoms with E-state index in [1.165, 1.54) is 6.07 Å². The summed E-state index contributed by atoms with van der Waals surface area (Å²) in [5, 5.41) is 13.5. The van der Waals surface area contributed by atoms with Crippen LogP contribution in [0.2, 0.25) is 0 Å². The van der Waals surface area contributed by atoms with Gasteiger partial charge >= 0.3 is 0 Å². The summed E-state index contributed by atoms with van der Waals surface area (Å²) in [6.45, 7) is 0. The summed E-state index contributed by atoms with van der Waals surface area (Å²) in [7, 11) is 0. The second-order valence-corrected chi connectivity index (χ2v) is 6.94. The van der Waals surface area contributed by atoms with Gasteiger partial charge in [-0.3, -0.25) is 9.59 Å². The molecular formula is C21H20N6O3. The molecule has 0 radical (unpaired) electrons. The van der Waals surface area contributed by atoms with E-state index in [0.717, 1.165) is 12.8 Å². The molecule has 1 saturated carbocycles. The minimum absolute atomic E-state index is 0.0150. The van der Waals surface area contributed by atoms with E-state index in [1.807, 2.05) is 0 Å². The molecule has 0 unspecified atom stereocenters. The first kappa shape index (κ1) is 19.2. The molecule has 0 saturated heterocycles. The smallest absolute Gasteiger partial charge is 0.271 e. The van der Waals surface area contributed by atoms with Crippen LogP contribution in [-0.2, 0) is 4.79 Å². The summed E-state index contributed by atoms with van der Waals surface area (Å²) in [4.78, 5) is 23.7. The van der Waals surface area contributed by atoms with Crippen molar-refractivity contribution in [2.45, 2.75) is 12.8 Å². The molecular weight excluding hydrogens is 384 g/mol. The van der Waals surface area contributed by atoms with Gasteiger partial charge in [0.25, 0.3) is 5.91 Å². The van der Waals surface area contributed by atoms with Crippen molar-refractivity contribution in [3.05, 3.63) is 60.3 Å². The molecule has 1 aromatic heterocycles. The fraction of sp³-hybridized carbons (Fsp3) is 0.143. The Balaban J connectivity index is 1.55. The molecule has 3 aromatic rings. The first-order valence-corrected chi connectivity index (χ1v) is 9.37. The average molecular weight is 404 g/mol. The molecule has 9 heteroatoms. The van der Waals surface area contributed by atoms with Gasteiger partial charge in [0.2, 0.25) is 5.91 Å². The molecule has 2 aromatic carbocycles. The van der Waals surface area contributed by atoms with Crippen molar-refractivity contribution in [2.75, 3.05) is 16.4 Å². The van der Waals surface area contributed by atoms with Gasteiger partial charge in [-0.2, -0.15) is 0 Å². The van der Waals surface area contributed by atoms with Gasteiger partial charge in [-0.25, -0.2) is 0 Å². The molecule has 1 aliphatic rings. The lowest BCUT2D eigenvalue weighted by molar-refractivity contribution is -0.117. The lowest BCUT2D eigenvalue weighted by Gasteiger charge is -2.12. The Morgan fingerprint density at radius 1 is 1.00 bits per heavy atom. The summed E-state index contributed by atoms with van der Waals surface area (Å²) >= 11 is 0. The van der Waals surface area contributed by atoms with Crippen LogP contribution in [0.5, 0.6) is 11.5 Å². The molecule has 0 aliphatic heterocycles. The largest absolute Gasteiger partial charge is 0.457 e. The van der Waals surface area contributed by atoms with Crippen molar-refractivity contribution in [1.82, 2.24) is 10.2 Å². The lowest BCUT2D eigenvalue weighted by atomic mass is 10.2. The van der Waals surface area contributed by atoms with Crippen LogP contribution in [0.4, 0.5) is 22.9 Å². The number of nitrogen functional groups attached to an aromatic ring is 1. The zero-order chi connectivity index (χ0) is 21.1. The van der Waals surface area contributed by atoms with Gasteiger partial charge in [-0.1, -0.05) is 6.07 Å². The highest BCUT2D eigenvalue weighted by Crippen LogP contribution is 2.31. The fourth-order valence-corrected chi connectivity index (χ4v) is 2.77. The average Bonchev–Trinajstić information content (AvgIpc) is 3.55. The molecule has 30 heavy (non-hydrogen) atoms. The van der Waals surface area contributed by atoms with Crippen LogP contribution in [0.1, 0.15) is 23.3 Å². The summed E-state index contributed by atoms with van der Waals surface area (Å²) in [5.74, 6) is 0.625. The molecule has 2 amide bonds. The Kier molecular flexibility index (Phi) is 5.17. The van der Waals surface area contributed by atoms with Crippen molar-refractivity contribution >= 4 is 34.7 Å². The summed E-state index contributed by atoms with van der Waals surface area (Å²) in [6.07, 6.45) is 1.73. The van der Waals surface area contributed by atoms with Gasteiger partial charge in [-0.15, -0.1) is 10.2 Å². The molecule has 0 bridgehead atoms. The zero-order valence-corrected chi connectivity index (χ0v) is 16.0. The number of hydrogen-bond acceptors (Lipinski definition) is 7. The third-order valence-corrected chi connectivity index (χ3v) is 4.46. The molecule has 1 heterocycles. The van der Waals surface area contributed by atoms with Crippen LogP contribution in [0.3, 0.4) is 0 Å². The van der Waals surface area contributed by atoms with Crippen LogP contribution < -0.4 is 26.8 Å². The van der Waals surface area contributed by atoms with Crippen LogP contribution in [0, 0.1) is 5.92 Å². The summed E-state index contributed by atoms with van der Waals surface area (Å²) in [5.41, 5.74) is 12.7. The molecule has 4 rings (SSSR count). The minimum Gasteiger partial charge on any atom is -0.457 e. The number of nitrogens with zero attached hydrogens (tertiary/aromatic N) is 2. The lowest BCUT2D eigenvalue weighted by Crippen LogP contribution is -2.19. The zero-order valence-electron chi connectivity index (χ0n) is 16.0. The Labute approximate surface area is 172 Å². The standard InChI is InChI=1S/C21H20N6O3/c22-13-6-8-15(9-7-13)30-16-3-1-2-14(10-16)24-17-11-18(25-21(29)12-4-5-12)26-27-19(17)20(23)28/h1-3,6-12H,4-5,22H2,(H2,23,28)(H2,24,25,26,29). The summed E-state index contributed by atoms with van der Waals surface area (Å²) in [6, 6.07) is 15.7. The third kappa shape index (κ3) is 4.64. The van der Waals surface area contributed by atoms with Crippen molar-refractivity contribution in [3.63, 3.8) is 0 Å². The Bertz CT molecular complexity index is 1100. The van der Waals surface area contributed by atoms with Crippen molar-refractivity contribution in [2.24, 2.45) is 11.7 Å². The number of nitrogens with one attached hydrogen (secondary N) is 2. The van der Waals surface area contributed by atoms with Crippen molar-refractivity contribution in [1.29, 1.82) is 0 Å². The number of carbonyl (C=O) groups excluding carboxylic acids is 2. The highest BCUT2D eigenvalue weighted by molar-refractivity contribution is 5.98. The van der Waals surface area contributed by atoms with Crippen molar-refractivity contribution < 1.29 is 14.3 Å². The Morgan fingerprint density at radius 3 is 2.47 bits per heavy atom. The molecule has 1 fully saturated rings. The number of primary amides is 1. The molecule has 0 atom stereocenters. The summed E-state index contributed by atoms with van der Waals surface area (Å²) < 4.78 is 5.83. The third-order valence-electron chi connectivity index (χ3n) is 4.46. The first-order chi connectivity index (χ1) is 14.5. The predicted molar refractivity (Wildman–Crippen MR) is 113 cm³/mol. The Hall–Kier alpha value is -4.14. The van der Waals surface area contributed by atoms with E-state index in [1.54, 1.807) is 48.5 Å². The quantitative estimate of drug-likeness (QED) is 0.443. The van der Waals surface area contributed by atoms with Gasteiger partial charge in [0.05, 0.1) is 5.69 Å². The van der Waals surface area contributed by atoms with Crippen molar-refractivity contribution in [3.8, 4) is 11.5 Å². The maximum absolute atomic E-state index is 12.0. The second kappa shape index (κ2) is 8.08. The monoisotopic (exact) mass is 404 g/mol. The van der Waals surface area contributed by atoms with Crippen LogP contribution in [0.15, 0.2) is 54.6 Å². The van der Waals surface area contributed by atoms with Crippen LogP contribution >= 0.6 is 0 Å². The molecule has 9 nitrogen and oxygen atoms in total. The van der Waals surface area contributed by atoms with E-state index in [0.29, 0.717) is 28.6 Å². The molecule has 0 spiro atoms. The number of hydrogen-bond donors (Lipinski definition) is 4. The minimum atomic E-state index is -0.737. The maximum atomic E-state index is 12.0. The number of rotatable bonds is 7. The molecule has 1 aliphatic carbocycles. The van der Waals surface area contributed by atoms with E-state index >= 15 is 0 Å². The van der Waals surface area contributed by atoms with E-state index in [9.17, 15) is 9.59 Å². The van der Waals surface area contributed by atoms with Gasteiger partial charge in [-0.05, 0) is 49.2 Å². The van der Waals surface area contributed by atoms with E-state index in [2.05, 4.69) is 20.8 Å². The number of aromatic nitrogens is 2. The van der Waals surface area contributed by atoms with Gasteiger partial charge in [0, 0.05) is 29.4 Å². The van der Waals surface area contributed by atoms with E-state index in [-0.39, 0.29) is 23.3 Å². The normalized spacial score (nSPS) is 12.8. The predicted octanol–water partition coefficient (Wildman–Crippen LogP) is 3.04. The van der Waals surface area contributed by atoms with Gasteiger partial charge in [0.15, 0.2) is 11.5 Å². The van der Waals surface area contributed by atoms with Crippen LogP contribution in [-0.4, -0.2) is 22.0 Å². The maximum Gasteiger partial charge on any atom is 0.271 e.